The number of nitrogens with zero attached hydrogens (tertiary/aromatic N) is 2. The number of H-pyrrole nitrogens is 1. The third-order valence-electron chi connectivity index (χ3n) is 0.856. The molecule has 0 amide bonds. The highest BCUT2D eigenvalue weighted by atomic mass is 16.6. The van der Waals surface area contributed by atoms with E-state index in [1.807, 2.05) is 6.92 Å². The van der Waals surface area contributed by atoms with Crippen LogP contribution in [0, 0.1) is 6.92 Å². The van der Waals surface area contributed by atoms with Crippen LogP contribution in [0.1, 0.15) is 11.6 Å². The molecule has 0 spiro atoms. The fraction of sp³-hybridized carbons (Fsp3) is 0.500. The van der Waals surface area contributed by atoms with Crippen molar-refractivity contribution in [3.05, 3.63) is 11.6 Å². The second-order valence-electron chi connectivity index (χ2n) is 1.65. The van der Waals surface area contributed by atoms with Crippen LogP contribution in [0.2, 0.25) is 0 Å². The highest BCUT2D eigenvalue weighted by Gasteiger charge is 1.95. The standard InChI is InChI=1S/C4H8N4O/c1-3-6-4(2-9-5)8-7-3/h2,5H2,1H3,(H,6,7,8). The van der Waals surface area contributed by atoms with Gasteiger partial charge in [0.1, 0.15) is 12.4 Å². The molecule has 5 heteroatoms. The molecule has 0 aliphatic carbocycles. The van der Waals surface area contributed by atoms with Gasteiger partial charge in [0.25, 0.3) is 0 Å². The summed E-state index contributed by atoms with van der Waals surface area (Å²) < 4.78 is 0. The molecule has 1 rings (SSSR count). The third-order valence-corrected chi connectivity index (χ3v) is 0.856. The van der Waals surface area contributed by atoms with E-state index < -0.39 is 0 Å². The van der Waals surface area contributed by atoms with Gasteiger partial charge >= 0.3 is 0 Å². The molecule has 1 heterocycles. The number of aromatic amines is 1. The van der Waals surface area contributed by atoms with E-state index in [1.165, 1.54) is 0 Å². The number of nitrogens with two attached hydrogens (primary N) is 1. The molecule has 5 nitrogen and oxygen atoms in total. The van der Waals surface area contributed by atoms with Crippen LogP contribution < -0.4 is 5.90 Å². The molecule has 0 aliphatic rings. The number of aryl methyl sites for hydroxylation is 1. The Kier molecular flexibility index (Phi) is 1.76. The van der Waals surface area contributed by atoms with Crippen molar-refractivity contribution in [2.75, 3.05) is 0 Å². The first-order valence-electron chi connectivity index (χ1n) is 2.52. The van der Waals surface area contributed by atoms with Crippen molar-refractivity contribution < 1.29 is 4.84 Å². The molecule has 0 bridgehead atoms. The summed E-state index contributed by atoms with van der Waals surface area (Å²) in [7, 11) is 0. The van der Waals surface area contributed by atoms with Crippen molar-refractivity contribution in [1.82, 2.24) is 15.2 Å². The molecule has 0 radical (unpaired) electrons. The van der Waals surface area contributed by atoms with E-state index in [0.29, 0.717) is 5.82 Å². The zero-order valence-corrected chi connectivity index (χ0v) is 5.09. The van der Waals surface area contributed by atoms with E-state index in [-0.39, 0.29) is 6.61 Å². The van der Waals surface area contributed by atoms with E-state index in [4.69, 9.17) is 5.90 Å². The van der Waals surface area contributed by atoms with Gasteiger partial charge in [-0.15, -0.1) is 0 Å². The largest absolute Gasteiger partial charge is 0.296 e. The minimum atomic E-state index is 0.254. The molecule has 1 aromatic rings. The fourth-order valence-corrected chi connectivity index (χ4v) is 0.528. The lowest BCUT2D eigenvalue weighted by atomic mass is 10.6. The molecule has 0 atom stereocenters. The number of hydrogen-bond acceptors (Lipinski definition) is 4. The summed E-state index contributed by atoms with van der Waals surface area (Å²) in [6, 6.07) is 0. The van der Waals surface area contributed by atoms with Crippen LogP contribution in [0.25, 0.3) is 0 Å². The molecule has 9 heavy (non-hydrogen) atoms. The maximum atomic E-state index is 4.78. The van der Waals surface area contributed by atoms with Gasteiger partial charge in [-0.1, -0.05) is 0 Å². The number of nitrogens with one attached hydrogen (secondary N) is 1. The summed E-state index contributed by atoms with van der Waals surface area (Å²) in [5, 5.41) is 6.42. The molecule has 0 aliphatic heterocycles. The SMILES string of the molecule is Cc1nc(CON)n[nH]1. The zero-order chi connectivity index (χ0) is 6.69. The van der Waals surface area contributed by atoms with Crippen LogP contribution in [-0.4, -0.2) is 15.2 Å². The zero-order valence-electron chi connectivity index (χ0n) is 5.09. The van der Waals surface area contributed by atoms with Crippen molar-refractivity contribution in [2.24, 2.45) is 5.90 Å². The normalized spacial score (nSPS) is 10.0. The molecule has 0 fully saturated rings. The van der Waals surface area contributed by atoms with Gasteiger partial charge in [-0.3, -0.25) is 9.94 Å². The third kappa shape index (κ3) is 1.48. The van der Waals surface area contributed by atoms with Crippen molar-refractivity contribution >= 4 is 0 Å². The predicted molar refractivity (Wildman–Crippen MR) is 30.1 cm³/mol. The Balaban J connectivity index is 2.61. The van der Waals surface area contributed by atoms with Crippen molar-refractivity contribution in [1.29, 1.82) is 0 Å². The Morgan fingerprint density at radius 2 is 2.56 bits per heavy atom. The van der Waals surface area contributed by atoms with Gasteiger partial charge < -0.3 is 0 Å². The lowest BCUT2D eigenvalue weighted by molar-refractivity contribution is 0.118. The first-order valence-corrected chi connectivity index (χ1v) is 2.52. The molecular weight excluding hydrogens is 120 g/mol. The first kappa shape index (κ1) is 6.18. The smallest absolute Gasteiger partial charge is 0.178 e. The summed E-state index contributed by atoms with van der Waals surface area (Å²) in [5.74, 6) is 6.12. The van der Waals surface area contributed by atoms with Crippen LogP contribution in [0.15, 0.2) is 0 Å². The lowest BCUT2D eigenvalue weighted by Gasteiger charge is -1.86. The highest BCUT2D eigenvalue weighted by molar-refractivity contribution is 4.84. The molecule has 3 N–H and O–H groups in total. The number of hydrogen-bond donors (Lipinski definition) is 2. The maximum absolute atomic E-state index is 4.78. The molecular formula is C4H8N4O. The van der Waals surface area contributed by atoms with Gasteiger partial charge in [0.05, 0.1) is 0 Å². The van der Waals surface area contributed by atoms with E-state index >= 15 is 0 Å². The van der Waals surface area contributed by atoms with Crippen molar-refractivity contribution in [2.45, 2.75) is 13.5 Å². The summed E-state index contributed by atoms with van der Waals surface area (Å²) in [6.07, 6.45) is 0. The van der Waals surface area contributed by atoms with Crippen LogP contribution >= 0.6 is 0 Å². The Morgan fingerprint density at radius 1 is 1.78 bits per heavy atom. The van der Waals surface area contributed by atoms with Crippen LogP contribution in [0.5, 0.6) is 0 Å². The Bertz CT molecular complexity index is 184. The average molecular weight is 128 g/mol. The molecule has 0 unspecified atom stereocenters. The topological polar surface area (TPSA) is 76.8 Å². The van der Waals surface area contributed by atoms with Gasteiger partial charge in [0.15, 0.2) is 5.82 Å². The Morgan fingerprint density at radius 3 is 3.00 bits per heavy atom. The number of aromatic nitrogens is 3. The van der Waals surface area contributed by atoms with Gasteiger partial charge in [0.2, 0.25) is 0 Å². The minimum absolute atomic E-state index is 0.254. The summed E-state index contributed by atoms with van der Waals surface area (Å²) in [4.78, 5) is 8.22. The van der Waals surface area contributed by atoms with Crippen molar-refractivity contribution in [3.63, 3.8) is 0 Å². The molecule has 50 valence electrons. The van der Waals surface area contributed by atoms with Crippen LogP contribution in [0.4, 0.5) is 0 Å². The van der Waals surface area contributed by atoms with Gasteiger partial charge in [-0.25, -0.2) is 10.9 Å². The fourth-order valence-electron chi connectivity index (χ4n) is 0.528. The summed E-state index contributed by atoms with van der Waals surface area (Å²) >= 11 is 0. The van der Waals surface area contributed by atoms with E-state index in [1.54, 1.807) is 0 Å². The van der Waals surface area contributed by atoms with Gasteiger partial charge in [-0.05, 0) is 6.92 Å². The van der Waals surface area contributed by atoms with E-state index in [2.05, 4.69) is 20.0 Å². The maximum Gasteiger partial charge on any atom is 0.178 e. The monoisotopic (exact) mass is 128 g/mol. The van der Waals surface area contributed by atoms with Gasteiger partial charge in [0, 0.05) is 0 Å². The molecule has 1 aromatic heterocycles. The number of rotatable bonds is 2. The second-order valence-corrected chi connectivity index (χ2v) is 1.65. The second kappa shape index (κ2) is 2.56. The minimum Gasteiger partial charge on any atom is -0.296 e. The molecule has 0 saturated heterocycles. The van der Waals surface area contributed by atoms with E-state index in [9.17, 15) is 0 Å². The highest BCUT2D eigenvalue weighted by Crippen LogP contribution is 1.89. The van der Waals surface area contributed by atoms with Crippen LogP contribution in [-0.2, 0) is 11.4 Å². The molecule has 0 aromatic carbocycles. The van der Waals surface area contributed by atoms with Crippen LogP contribution in [0.3, 0.4) is 0 Å². The van der Waals surface area contributed by atoms with E-state index in [0.717, 1.165) is 5.82 Å². The lowest BCUT2D eigenvalue weighted by Crippen LogP contribution is -2.00. The predicted octanol–water partition coefficient (Wildman–Crippen LogP) is -0.497. The summed E-state index contributed by atoms with van der Waals surface area (Å²) in [5.41, 5.74) is 0. The summed E-state index contributed by atoms with van der Waals surface area (Å²) in [6.45, 7) is 2.07. The molecule has 0 saturated carbocycles. The van der Waals surface area contributed by atoms with Gasteiger partial charge in [-0.2, -0.15) is 5.10 Å². The average Bonchev–Trinajstić information content (AvgIpc) is 2.17. The Labute approximate surface area is 52.2 Å². The first-order chi connectivity index (χ1) is 4.33. The van der Waals surface area contributed by atoms with Crippen molar-refractivity contribution in [3.8, 4) is 0 Å². The Hall–Kier alpha value is -0.940. The quantitative estimate of drug-likeness (QED) is 0.526.